The van der Waals surface area contributed by atoms with Crippen LogP contribution in [0.4, 0.5) is 5.69 Å². The van der Waals surface area contributed by atoms with Gasteiger partial charge in [0, 0.05) is 23.2 Å². The summed E-state index contributed by atoms with van der Waals surface area (Å²) in [6, 6.07) is 4.12. The van der Waals surface area contributed by atoms with Gasteiger partial charge in [-0.2, -0.15) is 0 Å². The Morgan fingerprint density at radius 2 is 2.17 bits per heavy atom. The number of methoxy groups -OCH3 is 1. The van der Waals surface area contributed by atoms with Gasteiger partial charge in [-0.15, -0.1) is 0 Å². The fourth-order valence-corrected chi connectivity index (χ4v) is 1.31. The first-order valence-electron chi connectivity index (χ1n) is 4.91. The first-order valence-corrected chi connectivity index (χ1v) is 5.29. The van der Waals surface area contributed by atoms with Crippen molar-refractivity contribution < 1.29 is 14.5 Å². The van der Waals surface area contributed by atoms with Gasteiger partial charge in [-0.3, -0.25) is 10.1 Å². The Hall–Kier alpha value is -2.14. The number of carbonyl (C=O) groups excluding carboxylic acids is 1. The molecule has 0 spiro atoms. The van der Waals surface area contributed by atoms with Crippen molar-refractivity contribution in [1.29, 1.82) is 0 Å². The molecule has 0 saturated carbocycles. The van der Waals surface area contributed by atoms with Crippen molar-refractivity contribution in [2.24, 2.45) is 0 Å². The summed E-state index contributed by atoms with van der Waals surface area (Å²) in [5.41, 5.74) is 0.455. The van der Waals surface area contributed by atoms with Gasteiger partial charge in [0.25, 0.3) is 5.69 Å². The van der Waals surface area contributed by atoms with Crippen molar-refractivity contribution in [2.75, 3.05) is 7.11 Å². The Morgan fingerprint density at radius 1 is 1.44 bits per heavy atom. The van der Waals surface area contributed by atoms with E-state index in [2.05, 4.69) is 4.74 Å². The molecule has 0 atom stereocenters. The summed E-state index contributed by atoms with van der Waals surface area (Å²) in [6.45, 7) is 0. The number of nitrogens with zero attached hydrogens (tertiary/aromatic N) is 1. The summed E-state index contributed by atoms with van der Waals surface area (Å²) in [7, 11) is 1.27. The molecule has 0 heterocycles. The number of halogens is 1. The van der Waals surface area contributed by atoms with Gasteiger partial charge >= 0.3 is 5.97 Å². The van der Waals surface area contributed by atoms with E-state index in [0.717, 1.165) is 0 Å². The molecule has 0 bridgehead atoms. The normalized spacial score (nSPS) is 11.0. The minimum absolute atomic E-state index is 0.0454. The molecular formula is C12H10ClNO4. The number of nitro benzene ring substituents is 1. The summed E-state index contributed by atoms with van der Waals surface area (Å²) in [5.74, 6) is -0.482. The van der Waals surface area contributed by atoms with E-state index >= 15 is 0 Å². The molecule has 0 aromatic heterocycles. The molecule has 0 fully saturated rings. The highest BCUT2D eigenvalue weighted by Gasteiger charge is 2.07. The Labute approximate surface area is 108 Å². The number of nitro groups is 1. The van der Waals surface area contributed by atoms with Gasteiger partial charge in [0.05, 0.1) is 12.0 Å². The van der Waals surface area contributed by atoms with Crippen LogP contribution in [0.2, 0.25) is 5.02 Å². The van der Waals surface area contributed by atoms with Gasteiger partial charge in [-0.1, -0.05) is 29.8 Å². The smallest absolute Gasteiger partial charge is 0.330 e. The van der Waals surface area contributed by atoms with Gasteiger partial charge in [-0.25, -0.2) is 4.79 Å². The monoisotopic (exact) mass is 267 g/mol. The fraction of sp³-hybridized carbons (Fsp3) is 0.0833. The molecule has 18 heavy (non-hydrogen) atoms. The third kappa shape index (κ3) is 4.03. The lowest BCUT2D eigenvalue weighted by atomic mass is 10.2. The van der Waals surface area contributed by atoms with Crippen LogP contribution >= 0.6 is 11.6 Å². The molecule has 0 aliphatic rings. The maximum Gasteiger partial charge on any atom is 0.330 e. The van der Waals surface area contributed by atoms with Crippen LogP contribution in [0, 0.1) is 10.1 Å². The molecule has 1 aromatic rings. The van der Waals surface area contributed by atoms with E-state index in [1.807, 2.05) is 0 Å². The maximum atomic E-state index is 10.8. The standard InChI is InChI=1S/C12H10ClNO4/c1-18-12(15)5-3-2-4-9-8-10(14(16)17)6-7-11(9)13/h2-8H,1H3. The molecule has 6 heteroatoms. The number of ether oxygens (including phenoxy) is 1. The fourth-order valence-electron chi connectivity index (χ4n) is 1.13. The number of hydrogen-bond acceptors (Lipinski definition) is 4. The highest BCUT2D eigenvalue weighted by atomic mass is 35.5. The van der Waals surface area contributed by atoms with Crippen LogP contribution in [-0.4, -0.2) is 18.0 Å². The van der Waals surface area contributed by atoms with Crippen LogP contribution in [0.3, 0.4) is 0 Å². The Kier molecular flexibility index (Phi) is 5.07. The Morgan fingerprint density at radius 3 is 2.78 bits per heavy atom. The van der Waals surface area contributed by atoms with Crippen LogP contribution in [0.1, 0.15) is 5.56 Å². The number of allylic oxidation sites excluding steroid dienone is 2. The number of hydrogen-bond donors (Lipinski definition) is 0. The van der Waals surface area contributed by atoms with Gasteiger partial charge in [0.15, 0.2) is 0 Å². The van der Waals surface area contributed by atoms with Crippen molar-refractivity contribution in [2.45, 2.75) is 0 Å². The van der Waals surface area contributed by atoms with Crippen LogP contribution in [0.15, 0.2) is 36.4 Å². The zero-order valence-electron chi connectivity index (χ0n) is 9.50. The quantitative estimate of drug-likeness (QED) is 0.276. The van der Waals surface area contributed by atoms with E-state index in [1.165, 1.54) is 37.5 Å². The lowest BCUT2D eigenvalue weighted by molar-refractivity contribution is -0.384. The predicted octanol–water partition coefficient (Wildman–Crippen LogP) is 2.99. The third-order valence-corrected chi connectivity index (χ3v) is 2.35. The first-order chi connectivity index (χ1) is 8.54. The largest absolute Gasteiger partial charge is 0.466 e. The number of non-ortho nitro benzene ring substituents is 1. The lowest BCUT2D eigenvalue weighted by Gasteiger charge is -1.97. The van der Waals surface area contributed by atoms with Crippen molar-refractivity contribution >= 4 is 29.3 Å². The van der Waals surface area contributed by atoms with E-state index in [4.69, 9.17) is 11.6 Å². The second kappa shape index (κ2) is 6.56. The van der Waals surface area contributed by atoms with Gasteiger partial charge < -0.3 is 4.74 Å². The molecule has 0 unspecified atom stereocenters. The second-order valence-corrected chi connectivity index (χ2v) is 3.61. The molecular weight excluding hydrogens is 258 g/mol. The first kappa shape index (κ1) is 13.9. The zero-order valence-corrected chi connectivity index (χ0v) is 10.3. The predicted molar refractivity (Wildman–Crippen MR) is 68.3 cm³/mol. The van der Waals surface area contributed by atoms with Crippen LogP contribution < -0.4 is 0 Å². The van der Waals surface area contributed by atoms with Gasteiger partial charge in [-0.05, 0) is 11.6 Å². The van der Waals surface area contributed by atoms with E-state index < -0.39 is 10.9 Å². The van der Waals surface area contributed by atoms with Crippen LogP contribution in [0.5, 0.6) is 0 Å². The minimum Gasteiger partial charge on any atom is -0.466 e. The molecule has 0 amide bonds. The van der Waals surface area contributed by atoms with Gasteiger partial charge in [0.2, 0.25) is 0 Å². The molecule has 0 N–H and O–H groups in total. The van der Waals surface area contributed by atoms with Crippen molar-refractivity contribution in [1.82, 2.24) is 0 Å². The number of esters is 1. The van der Waals surface area contributed by atoms with Crippen molar-refractivity contribution in [3.05, 3.63) is 57.1 Å². The Balaban J connectivity index is 2.86. The molecule has 94 valence electrons. The van der Waals surface area contributed by atoms with Crippen LogP contribution in [-0.2, 0) is 9.53 Å². The number of rotatable bonds is 4. The molecule has 0 saturated heterocycles. The van der Waals surface area contributed by atoms with Crippen LogP contribution in [0.25, 0.3) is 6.08 Å². The number of benzene rings is 1. The highest BCUT2D eigenvalue weighted by molar-refractivity contribution is 6.32. The average Bonchev–Trinajstić information content (AvgIpc) is 2.35. The van der Waals surface area contributed by atoms with E-state index in [-0.39, 0.29) is 5.69 Å². The average molecular weight is 268 g/mol. The molecule has 0 radical (unpaired) electrons. The Bertz CT molecular complexity index is 523. The topological polar surface area (TPSA) is 69.4 Å². The third-order valence-electron chi connectivity index (χ3n) is 2.01. The minimum atomic E-state index is -0.502. The molecule has 5 nitrogen and oxygen atoms in total. The molecule has 0 aliphatic carbocycles. The van der Waals surface area contributed by atoms with Crippen molar-refractivity contribution in [3.63, 3.8) is 0 Å². The summed E-state index contributed by atoms with van der Waals surface area (Å²) >= 11 is 5.88. The van der Waals surface area contributed by atoms with E-state index in [1.54, 1.807) is 12.2 Å². The van der Waals surface area contributed by atoms with Gasteiger partial charge in [0.1, 0.15) is 0 Å². The highest BCUT2D eigenvalue weighted by Crippen LogP contribution is 2.23. The van der Waals surface area contributed by atoms with E-state index in [9.17, 15) is 14.9 Å². The van der Waals surface area contributed by atoms with Crippen molar-refractivity contribution in [3.8, 4) is 0 Å². The SMILES string of the molecule is COC(=O)C=CC=Cc1cc([N+](=O)[O-])ccc1Cl. The summed E-state index contributed by atoms with van der Waals surface area (Å²) < 4.78 is 4.40. The molecule has 0 aliphatic heterocycles. The summed E-state index contributed by atoms with van der Waals surface area (Å²) in [5, 5.41) is 11.0. The summed E-state index contributed by atoms with van der Waals surface area (Å²) in [4.78, 5) is 20.9. The lowest BCUT2D eigenvalue weighted by Crippen LogP contribution is -1.92. The number of carbonyl (C=O) groups is 1. The maximum absolute atomic E-state index is 10.8. The summed E-state index contributed by atoms with van der Waals surface area (Å²) in [6.07, 6.45) is 5.79. The second-order valence-electron chi connectivity index (χ2n) is 3.20. The zero-order chi connectivity index (χ0) is 13.5. The molecule has 1 aromatic carbocycles. The molecule has 1 rings (SSSR count). The van der Waals surface area contributed by atoms with E-state index in [0.29, 0.717) is 10.6 Å².